The third kappa shape index (κ3) is 5.55. The first-order chi connectivity index (χ1) is 9.74. The topological polar surface area (TPSA) is 18.5 Å². The molecule has 1 atom stereocenters. The first-order valence-corrected chi connectivity index (χ1v) is 6.73. The van der Waals surface area contributed by atoms with Crippen molar-refractivity contribution in [2.75, 3.05) is 7.11 Å². The molecule has 3 aliphatic rings. The summed E-state index contributed by atoms with van der Waals surface area (Å²) >= 11 is 0. The van der Waals surface area contributed by atoms with Gasteiger partial charge in [-0.25, -0.2) is 0 Å². The van der Waals surface area contributed by atoms with E-state index in [4.69, 9.17) is 9.47 Å². The Hall–Kier alpha value is -1.28. The fourth-order valence-electron chi connectivity index (χ4n) is 1.98. The molecule has 2 nitrogen and oxygen atoms in total. The average molecular weight is 324 g/mol. The van der Waals surface area contributed by atoms with Gasteiger partial charge in [0.1, 0.15) is 0 Å². The van der Waals surface area contributed by atoms with Gasteiger partial charge in [-0.1, -0.05) is 48.6 Å². The number of ether oxygens (including phenoxy) is 2. The van der Waals surface area contributed by atoms with Crippen LogP contribution in [0.5, 0.6) is 0 Å². The summed E-state index contributed by atoms with van der Waals surface area (Å²) in [6, 6.07) is 0. The first-order valence-electron chi connectivity index (χ1n) is 6.73. The monoisotopic (exact) mass is 324 g/mol. The van der Waals surface area contributed by atoms with E-state index in [-0.39, 0.29) is 17.1 Å². The van der Waals surface area contributed by atoms with Crippen LogP contribution in [-0.2, 0) is 26.5 Å². The molecule has 0 saturated heterocycles. The Morgan fingerprint density at radius 2 is 1.90 bits per heavy atom. The summed E-state index contributed by atoms with van der Waals surface area (Å²) in [5.41, 5.74) is 1.17. The fraction of sp³-hybridized carbons (Fsp3) is 0.222. The molecule has 0 saturated carbocycles. The fourth-order valence-corrected chi connectivity index (χ4v) is 1.98. The smallest absolute Gasteiger partial charge is 0.233 e. The number of hydrogen-bond acceptors (Lipinski definition) is 2. The van der Waals surface area contributed by atoms with Crippen molar-refractivity contribution in [2.45, 2.75) is 19.1 Å². The van der Waals surface area contributed by atoms with Crippen LogP contribution in [-0.4, -0.2) is 12.9 Å². The molecule has 0 N–H and O–H groups in total. The van der Waals surface area contributed by atoms with Crippen molar-refractivity contribution in [3.05, 3.63) is 84.9 Å². The summed E-state index contributed by atoms with van der Waals surface area (Å²) in [7, 11) is 1.67. The molecule has 1 aliphatic heterocycles. The third-order valence-electron chi connectivity index (χ3n) is 3.13. The van der Waals surface area contributed by atoms with Crippen LogP contribution in [0.15, 0.2) is 72.1 Å². The molecular weight excluding hydrogens is 304 g/mol. The largest absolute Gasteiger partial charge is 0.463 e. The molecule has 2 radical (unpaired) electrons. The second kappa shape index (κ2) is 8.89. The van der Waals surface area contributed by atoms with E-state index in [0.29, 0.717) is 0 Å². The second-order valence-electron chi connectivity index (χ2n) is 4.65. The molecule has 0 amide bonds. The van der Waals surface area contributed by atoms with Crippen LogP contribution < -0.4 is 0 Å². The predicted octanol–water partition coefficient (Wildman–Crippen LogP) is 4.22. The molecule has 1 unspecified atom stereocenters. The molecule has 0 aromatic carbocycles. The van der Waals surface area contributed by atoms with Gasteiger partial charge in [0, 0.05) is 43.4 Å². The standard InChI is InChI=1S/C13H15O2.C5H5.Fe/c1-11-7-9-13(14-2,15-11)10-8-12-5-3-4-6-12;1-2-4-5-3-1;/h3-8,10H,9H2,1-2H3;1-5H;/b10-8+;;. The van der Waals surface area contributed by atoms with Gasteiger partial charge in [-0.15, -0.1) is 0 Å². The second-order valence-corrected chi connectivity index (χ2v) is 4.65. The van der Waals surface area contributed by atoms with Gasteiger partial charge < -0.3 is 9.47 Å². The normalized spacial score (nSPS) is 25.2. The molecule has 3 rings (SSSR count). The zero-order valence-corrected chi connectivity index (χ0v) is 13.4. The van der Waals surface area contributed by atoms with Gasteiger partial charge in [0.25, 0.3) is 0 Å². The Labute approximate surface area is 138 Å². The molecule has 0 spiro atoms. The number of methoxy groups -OCH3 is 1. The van der Waals surface area contributed by atoms with Gasteiger partial charge in [-0.3, -0.25) is 0 Å². The van der Waals surface area contributed by atoms with Crippen molar-refractivity contribution in [3.8, 4) is 0 Å². The van der Waals surface area contributed by atoms with Gasteiger partial charge in [-0.2, -0.15) is 0 Å². The van der Waals surface area contributed by atoms with Crippen molar-refractivity contribution in [3.63, 3.8) is 0 Å². The SMILES string of the molecule is COC1(/C=C/C2=C[CH]C=C2)CC=C(C)O1.[CH]1C=CC=C1.[Fe]. The van der Waals surface area contributed by atoms with Crippen molar-refractivity contribution >= 4 is 0 Å². The number of rotatable bonds is 3. The van der Waals surface area contributed by atoms with Crippen LogP contribution in [0, 0.1) is 12.8 Å². The maximum absolute atomic E-state index is 5.65. The summed E-state index contributed by atoms with van der Waals surface area (Å²) in [4.78, 5) is 0. The van der Waals surface area contributed by atoms with Gasteiger partial charge in [0.05, 0.1) is 5.76 Å². The van der Waals surface area contributed by atoms with Crippen molar-refractivity contribution in [1.82, 2.24) is 0 Å². The third-order valence-corrected chi connectivity index (χ3v) is 3.13. The van der Waals surface area contributed by atoms with E-state index < -0.39 is 5.79 Å². The summed E-state index contributed by atoms with van der Waals surface area (Å²) in [6.07, 6.45) is 24.9. The van der Waals surface area contributed by atoms with Crippen molar-refractivity contribution in [2.24, 2.45) is 0 Å². The molecule has 2 aliphatic carbocycles. The Kier molecular flexibility index (Phi) is 7.52. The molecule has 21 heavy (non-hydrogen) atoms. The summed E-state index contributed by atoms with van der Waals surface area (Å²) in [5.74, 6) is 0.324. The van der Waals surface area contributed by atoms with Gasteiger partial charge in [-0.05, 0) is 24.6 Å². The van der Waals surface area contributed by atoms with Crippen LogP contribution in [0.25, 0.3) is 0 Å². The summed E-state index contributed by atoms with van der Waals surface area (Å²) in [5, 5.41) is 0. The summed E-state index contributed by atoms with van der Waals surface area (Å²) < 4.78 is 11.1. The van der Waals surface area contributed by atoms with E-state index in [2.05, 4.69) is 12.2 Å². The quantitative estimate of drug-likeness (QED) is 0.724. The Morgan fingerprint density at radius 3 is 2.33 bits per heavy atom. The van der Waals surface area contributed by atoms with Gasteiger partial charge in [0.2, 0.25) is 5.79 Å². The van der Waals surface area contributed by atoms with Crippen molar-refractivity contribution < 1.29 is 26.5 Å². The van der Waals surface area contributed by atoms with Crippen LogP contribution in [0.4, 0.5) is 0 Å². The van der Waals surface area contributed by atoms with E-state index in [9.17, 15) is 0 Å². The van der Waals surface area contributed by atoms with E-state index in [1.165, 1.54) is 5.57 Å². The van der Waals surface area contributed by atoms with Gasteiger partial charge >= 0.3 is 0 Å². The van der Waals surface area contributed by atoms with Crippen molar-refractivity contribution in [1.29, 1.82) is 0 Å². The predicted molar refractivity (Wildman–Crippen MR) is 82.4 cm³/mol. The van der Waals surface area contributed by atoms with Crippen LogP contribution in [0.2, 0.25) is 0 Å². The molecule has 3 heteroatoms. The molecule has 0 bridgehead atoms. The minimum absolute atomic E-state index is 0. The molecule has 0 fully saturated rings. The molecule has 0 aromatic rings. The van der Waals surface area contributed by atoms with Crippen LogP contribution in [0.3, 0.4) is 0 Å². The number of hydrogen-bond donors (Lipinski definition) is 0. The summed E-state index contributed by atoms with van der Waals surface area (Å²) in [6.45, 7) is 1.94. The minimum Gasteiger partial charge on any atom is -0.463 e. The molecule has 112 valence electrons. The Bertz CT molecular complexity index is 499. The Morgan fingerprint density at radius 1 is 1.14 bits per heavy atom. The maximum Gasteiger partial charge on any atom is 0.233 e. The Balaban J connectivity index is 0.000000313. The molecule has 0 aromatic heterocycles. The maximum atomic E-state index is 5.65. The van der Waals surface area contributed by atoms with E-state index in [1.54, 1.807) is 7.11 Å². The minimum atomic E-state index is -0.596. The zero-order valence-electron chi connectivity index (χ0n) is 12.3. The van der Waals surface area contributed by atoms with Crippen LogP contribution in [0.1, 0.15) is 13.3 Å². The number of allylic oxidation sites excluding steroid dienone is 10. The molecule has 1 heterocycles. The molecular formula is C18H20FeO2. The van der Waals surface area contributed by atoms with E-state index in [0.717, 1.165) is 12.2 Å². The van der Waals surface area contributed by atoms with E-state index in [1.807, 2.05) is 68.4 Å². The van der Waals surface area contributed by atoms with Gasteiger partial charge in [0.15, 0.2) is 0 Å². The first kappa shape index (κ1) is 17.8. The van der Waals surface area contributed by atoms with Crippen LogP contribution >= 0.6 is 0 Å². The van der Waals surface area contributed by atoms with E-state index >= 15 is 0 Å². The zero-order chi connectivity index (χ0) is 14.3. The average Bonchev–Trinajstić information content (AvgIpc) is 3.21.